The minimum absolute atomic E-state index is 1.13. The Bertz CT molecular complexity index is 21.2. The van der Waals surface area contributed by atoms with Gasteiger partial charge in [-0.05, 0) is 13.3 Å². The summed E-state index contributed by atoms with van der Waals surface area (Å²) in [6.07, 6.45) is 2.11. The number of rotatable bonds is 3. The van der Waals surface area contributed by atoms with Crippen LogP contribution in [0.25, 0.3) is 0 Å². The van der Waals surface area contributed by atoms with Crippen LogP contribution in [0.2, 0.25) is 0 Å². The van der Waals surface area contributed by atoms with E-state index in [1.165, 1.54) is 5.75 Å². The van der Waals surface area contributed by atoms with Crippen LogP contribution in [0.4, 0.5) is 0 Å². The van der Waals surface area contributed by atoms with Gasteiger partial charge in [-0.25, -0.2) is 0 Å². The van der Waals surface area contributed by atoms with Gasteiger partial charge in [0.15, 0.2) is 0 Å². The summed E-state index contributed by atoms with van der Waals surface area (Å²) < 4.78 is 0. The molecule has 0 unspecified atom stereocenters. The van der Waals surface area contributed by atoms with Crippen molar-refractivity contribution >= 4 is 11.8 Å². The summed E-state index contributed by atoms with van der Waals surface area (Å²) in [6, 6.07) is 0. The average Bonchev–Trinajstić information content (AvgIpc) is 2.08. The standard InChI is InChI=1S/C4H11NS.2C2H6/c1-5-3-4-6-2;2*1-2/h5H,3-4H2,1-2H3;2*1-2H3. The van der Waals surface area contributed by atoms with Crippen molar-refractivity contribution in [3.8, 4) is 0 Å². The number of thioether (sulfide) groups is 1. The van der Waals surface area contributed by atoms with Crippen molar-refractivity contribution in [1.29, 1.82) is 0 Å². The lowest BCUT2D eigenvalue weighted by molar-refractivity contribution is 0.873. The van der Waals surface area contributed by atoms with Crippen molar-refractivity contribution in [2.45, 2.75) is 27.7 Å². The minimum Gasteiger partial charge on any atom is -0.319 e. The average molecular weight is 165 g/mol. The molecule has 10 heavy (non-hydrogen) atoms. The molecule has 0 fully saturated rings. The molecule has 0 aliphatic heterocycles. The Hall–Kier alpha value is 0.310. The normalized spacial score (nSPS) is 6.60. The third-order valence-corrected chi connectivity index (χ3v) is 1.17. The first-order chi connectivity index (χ1) is 4.91. The quantitative estimate of drug-likeness (QED) is 0.645. The largest absolute Gasteiger partial charge is 0.319 e. The first-order valence-corrected chi connectivity index (χ1v) is 5.44. The van der Waals surface area contributed by atoms with Gasteiger partial charge in [0.25, 0.3) is 0 Å². The summed E-state index contributed by atoms with van der Waals surface area (Å²) in [5, 5.41) is 3.05. The Morgan fingerprint density at radius 3 is 1.60 bits per heavy atom. The number of hydrogen-bond donors (Lipinski definition) is 1. The first-order valence-electron chi connectivity index (χ1n) is 4.05. The van der Waals surface area contributed by atoms with Gasteiger partial charge in [0.2, 0.25) is 0 Å². The van der Waals surface area contributed by atoms with E-state index in [4.69, 9.17) is 0 Å². The fraction of sp³-hybridized carbons (Fsp3) is 1.00. The van der Waals surface area contributed by atoms with E-state index in [2.05, 4.69) is 11.6 Å². The summed E-state index contributed by atoms with van der Waals surface area (Å²) in [5.74, 6) is 1.22. The third-order valence-electron chi connectivity index (χ3n) is 0.556. The van der Waals surface area contributed by atoms with E-state index in [-0.39, 0.29) is 0 Å². The van der Waals surface area contributed by atoms with Crippen LogP contribution in [0.5, 0.6) is 0 Å². The molecule has 0 aromatic heterocycles. The maximum absolute atomic E-state index is 3.05. The number of hydrogen-bond acceptors (Lipinski definition) is 2. The fourth-order valence-corrected chi connectivity index (χ4v) is 0.612. The molecule has 0 aliphatic rings. The van der Waals surface area contributed by atoms with Crippen molar-refractivity contribution in [1.82, 2.24) is 5.32 Å². The molecule has 0 atom stereocenters. The Balaban J connectivity index is -0.000000105. The van der Waals surface area contributed by atoms with Gasteiger partial charge in [-0.1, -0.05) is 27.7 Å². The molecule has 0 amide bonds. The van der Waals surface area contributed by atoms with E-state index < -0.39 is 0 Å². The predicted octanol–water partition coefficient (Wildman–Crippen LogP) is 2.62. The van der Waals surface area contributed by atoms with Gasteiger partial charge >= 0.3 is 0 Å². The highest BCUT2D eigenvalue weighted by atomic mass is 32.2. The van der Waals surface area contributed by atoms with Crippen molar-refractivity contribution in [2.24, 2.45) is 0 Å². The predicted molar refractivity (Wildman–Crippen MR) is 55.0 cm³/mol. The molecule has 0 aromatic carbocycles. The lowest BCUT2D eigenvalue weighted by Gasteiger charge is -1.89. The van der Waals surface area contributed by atoms with Crippen LogP contribution in [0.1, 0.15) is 27.7 Å². The van der Waals surface area contributed by atoms with Crippen LogP contribution in [-0.2, 0) is 0 Å². The molecule has 2 heteroatoms. The molecule has 0 saturated carbocycles. The highest BCUT2D eigenvalue weighted by Crippen LogP contribution is 1.85. The van der Waals surface area contributed by atoms with Gasteiger partial charge < -0.3 is 5.32 Å². The molecule has 0 radical (unpaired) electrons. The van der Waals surface area contributed by atoms with Crippen molar-refractivity contribution in [3.05, 3.63) is 0 Å². The Kier molecular flexibility index (Phi) is 57.9. The van der Waals surface area contributed by atoms with Crippen LogP contribution >= 0.6 is 11.8 Å². The van der Waals surface area contributed by atoms with E-state index in [0.717, 1.165) is 6.54 Å². The molecule has 0 spiro atoms. The summed E-state index contributed by atoms with van der Waals surface area (Å²) in [6.45, 7) is 9.13. The SMILES string of the molecule is CC.CC.CNCCSC. The van der Waals surface area contributed by atoms with E-state index in [1.54, 1.807) is 0 Å². The minimum atomic E-state index is 1.13. The van der Waals surface area contributed by atoms with Crippen LogP contribution in [-0.4, -0.2) is 25.6 Å². The summed E-state index contributed by atoms with van der Waals surface area (Å²) in [7, 11) is 1.97. The van der Waals surface area contributed by atoms with E-state index >= 15 is 0 Å². The van der Waals surface area contributed by atoms with Gasteiger partial charge in [0.1, 0.15) is 0 Å². The molecule has 0 aliphatic carbocycles. The second kappa shape index (κ2) is 34.6. The number of nitrogens with one attached hydrogen (secondary N) is 1. The fourth-order valence-electron chi connectivity index (χ4n) is 0.204. The molecule has 0 bridgehead atoms. The van der Waals surface area contributed by atoms with Crippen LogP contribution in [0.15, 0.2) is 0 Å². The van der Waals surface area contributed by atoms with E-state index in [9.17, 15) is 0 Å². The summed E-state index contributed by atoms with van der Waals surface area (Å²) in [4.78, 5) is 0. The molecule has 66 valence electrons. The van der Waals surface area contributed by atoms with Crippen LogP contribution < -0.4 is 5.32 Å². The van der Waals surface area contributed by atoms with Gasteiger partial charge in [0.05, 0.1) is 0 Å². The lowest BCUT2D eigenvalue weighted by Crippen LogP contribution is -2.09. The molecule has 0 saturated heterocycles. The first kappa shape index (κ1) is 16.7. The Labute approximate surface area is 71.0 Å². The van der Waals surface area contributed by atoms with Gasteiger partial charge in [-0.2, -0.15) is 11.8 Å². The summed E-state index contributed by atoms with van der Waals surface area (Å²) in [5.41, 5.74) is 0. The van der Waals surface area contributed by atoms with Crippen molar-refractivity contribution < 1.29 is 0 Å². The van der Waals surface area contributed by atoms with Crippen LogP contribution in [0.3, 0.4) is 0 Å². The highest BCUT2D eigenvalue weighted by molar-refractivity contribution is 7.98. The smallest absolute Gasteiger partial charge is 0.00552 e. The Morgan fingerprint density at radius 1 is 1.10 bits per heavy atom. The molecular weight excluding hydrogens is 142 g/mol. The zero-order valence-corrected chi connectivity index (χ0v) is 9.14. The van der Waals surface area contributed by atoms with E-state index in [1.807, 2.05) is 46.5 Å². The van der Waals surface area contributed by atoms with Gasteiger partial charge in [-0.15, -0.1) is 0 Å². The Morgan fingerprint density at radius 2 is 1.50 bits per heavy atom. The zero-order valence-electron chi connectivity index (χ0n) is 8.32. The molecular formula is C8H23NS. The second-order valence-electron chi connectivity index (χ2n) is 1.10. The second-order valence-corrected chi connectivity index (χ2v) is 2.08. The van der Waals surface area contributed by atoms with Gasteiger partial charge in [-0.3, -0.25) is 0 Å². The van der Waals surface area contributed by atoms with Crippen molar-refractivity contribution in [3.63, 3.8) is 0 Å². The van der Waals surface area contributed by atoms with E-state index in [0.29, 0.717) is 0 Å². The summed E-state index contributed by atoms with van der Waals surface area (Å²) >= 11 is 1.86. The van der Waals surface area contributed by atoms with Gasteiger partial charge in [0, 0.05) is 12.3 Å². The maximum Gasteiger partial charge on any atom is 0.00552 e. The molecule has 0 aromatic rings. The monoisotopic (exact) mass is 165 g/mol. The highest BCUT2D eigenvalue weighted by Gasteiger charge is 1.73. The third kappa shape index (κ3) is 40.5. The lowest BCUT2D eigenvalue weighted by atomic mass is 10.8. The topological polar surface area (TPSA) is 12.0 Å². The molecule has 0 rings (SSSR count). The van der Waals surface area contributed by atoms with Crippen LogP contribution in [0, 0.1) is 0 Å². The molecule has 1 nitrogen and oxygen atoms in total. The van der Waals surface area contributed by atoms with Crippen molar-refractivity contribution in [2.75, 3.05) is 25.6 Å². The molecule has 1 N–H and O–H groups in total. The molecule has 0 heterocycles. The maximum atomic E-state index is 3.05. The zero-order chi connectivity index (χ0) is 8.83.